The van der Waals surface area contributed by atoms with E-state index in [1.807, 2.05) is 0 Å². The van der Waals surface area contributed by atoms with Crippen molar-refractivity contribution in [1.29, 1.82) is 0 Å². The number of hydrazine groups is 1. The molecule has 1 amide bonds. The average molecular weight is 757 g/mol. The molecule has 298 valence electrons. The number of benzene rings is 2. The zero-order chi connectivity index (χ0) is 39.7. The molecule has 1 saturated carbocycles. The summed E-state index contributed by atoms with van der Waals surface area (Å²) >= 11 is 0. The SMILES string of the molecule is CCN1\C(=C/C=C/C=C/C2N(CCCCCC(=O)NC/C(N)=C/N(N)C34OC(O)C3C(O)C(O)C4CO)c3ccccc3C2(C)C)C(C)(C)c2ccccc21. The molecule has 12 heteroatoms. The van der Waals surface area contributed by atoms with E-state index in [4.69, 9.17) is 16.3 Å². The third-order valence-corrected chi connectivity index (χ3v) is 12.3. The second-order valence-electron chi connectivity index (χ2n) is 16.3. The lowest BCUT2D eigenvalue weighted by atomic mass is 9.80. The maximum absolute atomic E-state index is 12.7. The summed E-state index contributed by atoms with van der Waals surface area (Å²) in [6.07, 6.45) is 11.2. The number of hydrogen-bond donors (Lipinski definition) is 7. The Morgan fingerprint density at radius 3 is 2.33 bits per heavy atom. The number of nitrogens with zero attached hydrogens (tertiary/aromatic N) is 3. The number of para-hydroxylation sites is 2. The molecule has 12 nitrogen and oxygen atoms in total. The molecule has 6 rings (SSSR count). The number of aliphatic hydroxyl groups excluding tert-OH is 4. The van der Waals surface area contributed by atoms with E-state index in [9.17, 15) is 25.2 Å². The highest BCUT2D eigenvalue weighted by atomic mass is 16.7. The van der Waals surface area contributed by atoms with Gasteiger partial charge in [-0.25, -0.2) is 5.84 Å². The van der Waals surface area contributed by atoms with Gasteiger partial charge >= 0.3 is 0 Å². The summed E-state index contributed by atoms with van der Waals surface area (Å²) in [6.45, 7) is 12.7. The molecule has 4 aliphatic rings. The van der Waals surface area contributed by atoms with E-state index in [1.165, 1.54) is 34.4 Å². The van der Waals surface area contributed by atoms with Gasteiger partial charge in [0.1, 0.15) is 0 Å². The summed E-state index contributed by atoms with van der Waals surface area (Å²) in [5.41, 5.74) is 11.2. The number of nitrogens with two attached hydrogens (primary N) is 2. The van der Waals surface area contributed by atoms with Gasteiger partial charge in [0.2, 0.25) is 5.91 Å². The van der Waals surface area contributed by atoms with Gasteiger partial charge in [-0.1, -0.05) is 94.8 Å². The Kier molecular flexibility index (Phi) is 11.9. The van der Waals surface area contributed by atoms with Crippen LogP contribution in [-0.4, -0.2) is 87.8 Å². The van der Waals surface area contributed by atoms with Crippen molar-refractivity contribution in [3.63, 3.8) is 0 Å². The van der Waals surface area contributed by atoms with Crippen LogP contribution in [-0.2, 0) is 20.4 Å². The van der Waals surface area contributed by atoms with Gasteiger partial charge in [0.15, 0.2) is 12.0 Å². The molecule has 7 atom stereocenters. The van der Waals surface area contributed by atoms with Gasteiger partial charge in [-0.15, -0.1) is 0 Å². The molecule has 2 aromatic rings. The van der Waals surface area contributed by atoms with Crippen LogP contribution in [0.15, 0.2) is 96.5 Å². The Hall–Kier alpha value is -4.17. The van der Waals surface area contributed by atoms with Crippen molar-refractivity contribution in [3.8, 4) is 0 Å². The highest BCUT2D eigenvalue weighted by molar-refractivity contribution is 5.76. The number of fused-ring (bicyclic) bond motifs is 3. The highest BCUT2D eigenvalue weighted by Gasteiger charge is 2.72. The summed E-state index contributed by atoms with van der Waals surface area (Å²) in [4.78, 5) is 17.6. The van der Waals surface area contributed by atoms with Crippen molar-refractivity contribution in [2.45, 2.75) is 101 Å². The molecule has 0 spiro atoms. The maximum atomic E-state index is 12.7. The number of ether oxygens (including phenoxy) is 1. The molecule has 55 heavy (non-hydrogen) atoms. The number of nitrogens with one attached hydrogen (secondary N) is 1. The Balaban J connectivity index is 1.00. The van der Waals surface area contributed by atoms with Crippen molar-refractivity contribution < 1.29 is 30.0 Å². The topological polar surface area (TPSA) is 181 Å². The summed E-state index contributed by atoms with van der Waals surface area (Å²) in [5.74, 6) is 4.17. The largest absolute Gasteiger partial charge is 0.399 e. The molecule has 0 radical (unpaired) electrons. The fourth-order valence-corrected chi connectivity index (χ4v) is 9.38. The number of anilines is 2. The lowest BCUT2D eigenvalue weighted by molar-refractivity contribution is -0.394. The molecule has 1 saturated heterocycles. The minimum atomic E-state index is -1.52. The third-order valence-electron chi connectivity index (χ3n) is 12.3. The number of unbranched alkanes of at least 4 members (excludes halogenated alkanes) is 2. The molecule has 9 N–H and O–H groups in total. The van der Waals surface area contributed by atoms with E-state index in [1.54, 1.807) is 0 Å². The van der Waals surface area contributed by atoms with Gasteiger partial charge in [0.05, 0.1) is 43.2 Å². The van der Waals surface area contributed by atoms with Gasteiger partial charge in [-0.2, -0.15) is 0 Å². The van der Waals surface area contributed by atoms with Crippen LogP contribution in [0.1, 0.15) is 71.4 Å². The number of aliphatic hydroxyl groups is 4. The van der Waals surface area contributed by atoms with Gasteiger partial charge in [0, 0.05) is 59.3 Å². The molecule has 1 aliphatic carbocycles. The van der Waals surface area contributed by atoms with E-state index in [0.29, 0.717) is 12.8 Å². The maximum Gasteiger partial charge on any atom is 0.220 e. The quantitative estimate of drug-likeness (QED) is 0.0611. The minimum absolute atomic E-state index is 0.0201. The first-order valence-electron chi connectivity index (χ1n) is 19.6. The van der Waals surface area contributed by atoms with Gasteiger partial charge < -0.3 is 46.0 Å². The van der Waals surface area contributed by atoms with Crippen LogP contribution in [0.3, 0.4) is 0 Å². The lowest BCUT2D eigenvalue weighted by Gasteiger charge is -2.55. The van der Waals surface area contributed by atoms with Crippen LogP contribution in [0.25, 0.3) is 0 Å². The van der Waals surface area contributed by atoms with Gasteiger partial charge in [-0.05, 0) is 49.1 Å². The molecule has 0 aromatic heterocycles. The third kappa shape index (κ3) is 7.20. The summed E-state index contributed by atoms with van der Waals surface area (Å²) < 4.78 is 5.48. The Morgan fingerprint density at radius 1 is 0.945 bits per heavy atom. The highest BCUT2D eigenvalue weighted by Crippen LogP contribution is 2.54. The normalized spacial score (nSPS) is 29.9. The Labute approximate surface area is 325 Å². The van der Waals surface area contributed by atoms with E-state index in [2.05, 4.69) is 129 Å². The van der Waals surface area contributed by atoms with E-state index < -0.39 is 42.7 Å². The van der Waals surface area contributed by atoms with Crippen LogP contribution < -0.4 is 26.7 Å². The fraction of sp³-hybridized carbons (Fsp3) is 0.512. The predicted octanol–water partition coefficient (Wildman–Crippen LogP) is 3.62. The number of carbonyl (C=O) groups excluding carboxylic acids is 1. The molecule has 2 fully saturated rings. The number of allylic oxidation sites excluding steroid dienone is 5. The Morgan fingerprint density at radius 2 is 1.64 bits per heavy atom. The average Bonchev–Trinajstić information content (AvgIpc) is 3.59. The monoisotopic (exact) mass is 756 g/mol. The van der Waals surface area contributed by atoms with Gasteiger partial charge in [-0.3, -0.25) is 9.80 Å². The van der Waals surface area contributed by atoms with Crippen LogP contribution in [0.2, 0.25) is 0 Å². The van der Waals surface area contributed by atoms with Crippen molar-refractivity contribution in [1.82, 2.24) is 10.3 Å². The van der Waals surface area contributed by atoms with Crippen LogP contribution in [0.4, 0.5) is 11.4 Å². The predicted molar refractivity (Wildman–Crippen MR) is 215 cm³/mol. The van der Waals surface area contributed by atoms with Crippen LogP contribution in [0, 0.1) is 11.8 Å². The van der Waals surface area contributed by atoms with E-state index in [0.717, 1.165) is 30.9 Å². The summed E-state index contributed by atoms with van der Waals surface area (Å²) in [7, 11) is 0. The zero-order valence-corrected chi connectivity index (χ0v) is 32.8. The molecule has 3 heterocycles. The van der Waals surface area contributed by atoms with Crippen LogP contribution >= 0.6 is 0 Å². The smallest absolute Gasteiger partial charge is 0.220 e. The lowest BCUT2D eigenvalue weighted by Crippen LogP contribution is -2.72. The van der Waals surface area contributed by atoms with Crippen LogP contribution in [0.5, 0.6) is 0 Å². The standard InChI is InChI=1S/C43H60N6O6/c1-6-47-32-19-14-12-17-29(32)41(2,3)34(47)21-9-7-10-22-35-42(4,5)30-18-13-15-20-33(30)48(35)24-16-8-11-23-36(51)46-25-28(44)26-49(45)43-31(27-50)38(52)39(53)37(43)40(54)55-43/h7,9-10,12-15,17-22,26,31,35,37-40,50,52-54H,6,8,11,16,23-25,27,44-45H2,1-5H3,(H,46,51)/b9-7+,22-10+,28-26-,34-21-. The minimum Gasteiger partial charge on any atom is -0.399 e. The van der Waals surface area contributed by atoms with Crippen molar-refractivity contribution >= 4 is 17.3 Å². The first-order chi connectivity index (χ1) is 26.2. The van der Waals surface area contributed by atoms with Crippen molar-refractivity contribution in [2.24, 2.45) is 23.4 Å². The Bertz CT molecular complexity index is 1810. The first kappa shape index (κ1) is 40.5. The summed E-state index contributed by atoms with van der Waals surface area (Å²) in [6, 6.07) is 17.5. The number of carbonyl (C=O) groups is 1. The molecule has 3 aliphatic heterocycles. The van der Waals surface area contributed by atoms with E-state index >= 15 is 0 Å². The van der Waals surface area contributed by atoms with Gasteiger partial charge in [0.25, 0.3) is 0 Å². The fourth-order valence-electron chi connectivity index (χ4n) is 9.38. The molecule has 0 bridgehead atoms. The number of likely N-dealkylation sites (N-methyl/N-ethyl adjacent to an activating group) is 1. The van der Waals surface area contributed by atoms with Crippen molar-refractivity contribution in [2.75, 3.05) is 36.0 Å². The molecular formula is C43H60N6O6. The molecule has 2 aromatic carbocycles. The summed E-state index contributed by atoms with van der Waals surface area (Å²) in [5, 5.41) is 44.5. The molecule has 7 unspecified atom stereocenters. The first-order valence-corrected chi connectivity index (χ1v) is 19.6. The second kappa shape index (κ2) is 16.1. The van der Waals surface area contributed by atoms with Crippen molar-refractivity contribution in [3.05, 3.63) is 108 Å². The second-order valence-corrected chi connectivity index (χ2v) is 16.3. The number of hydrogen-bond acceptors (Lipinski definition) is 11. The molecular weight excluding hydrogens is 697 g/mol. The zero-order valence-electron chi connectivity index (χ0n) is 32.8. The number of rotatable bonds is 15. The number of amides is 1. The van der Waals surface area contributed by atoms with E-state index in [-0.39, 0.29) is 35.0 Å².